The predicted molar refractivity (Wildman–Crippen MR) is 264 cm³/mol. The number of anilines is 3. The van der Waals surface area contributed by atoms with Gasteiger partial charge in [-0.2, -0.15) is 0 Å². The van der Waals surface area contributed by atoms with Gasteiger partial charge in [0.05, 0.1) is 16.5 Å². The van der Waals surface area contributed by atoms with E-state index in [0.717, 1.165) is 106 Å². The molecule has 12 aromatic rings. The van der Waals surface area contributed by atoms with Crippen LogP contribution < -0.4 is 9.64 Å². The fourth-order valence-corrected chi connectivity index (χ4v) is 11.0. The summed E-state index contributed by atoms with van der Waals surface area (Å²) in [4.78, 5) is 2.40. The number of nitrogens with zero attached hydrogens (tertiary/aromatic N) is 1. The Morgan fingerprint density at radius 1 is 0.323 bits per heavy atom. The Morgan fingerprint density at radius 2 is 0.877 bits per heavy atom. The normalized spacial score (nSPS) is 13.2. The number of para-hydroxylation sites is 1. The van der Waals surface area contributed by atoms with Crippen LogP contribution in [0.2, 0.25) is 0 Å². The van der Waals surface area contributed by atoms with Crippen molar-refractivity contribution in [2.45, 2.75) is 5.41 Å². The van der Waals surface area contributed by atoms with Crippen LogP contribution in [0.3, 0.4) is 0 Å². The minimum atomic E-state index is -0.632. The van der Waals surface area contributed by atoms with Crippen molar-refractivity contribution >= 4 is 60.9 Å². The molecule has 0 unspecified atom stereocenters. The van der Waals surface area contributed by atoms with Gasteiger partial charge < -0.3 is 18.5 Å². The van der Waals surface area contributed by atoms with Crippen molar-refractivity contribution in [1.29, 1.82) is 0 Å². The minimum absolute atomic E-state index is 0.632. The molecule has 0 radical (unpaired) electrons. The highest BCUT2D eigenvalue weighted by molar-refractivity contribution is 6.16. The Labute approximate surface area is 374 Å². The minimum Gasteiger partial charge on any atom is -0.457 e. The zero-order valence-electron chi connectivity index (χ0n) is 35.0. The van der Waals surface area contributed by atoms with Gasteiger partial charge in [-0.05, 0) is 117 Å². The van der Waals surface area contributed by atoms with Crippen LogP contribution in [0.1, 0.15) is 22.3 Å². The van der Waals surface area contributed by atoms with Gasteiger partial charge in [-0.3, -0.25) is 0 Å². The second-order valence-electron chi connectivity index (χ2n) is 17.1. The maximum Gasteiger partial charge on any atom is 0.137 e. The van der Waals surface area contributed by atoms with E-state index in [1.165, 1.54) is 22.3 Å². The third-order valence-corrected chi connectivity index (χ3v) is 13.7. The van der Waals surface area contributed by atoms with Crippen molar-refractivity contribution in [3.05, 3.63) is 247 Å². The van der Waals surface area contributed by atoms with E-state index in [1.54, 1.807) is 0 Å². The molecule has 0 saturated carbocycles. The van der Waals surface area contributed by atoms with E-state index in [1.807, 2.05) is 0 Å². The molecular weight excluding hydrogens is 795 g/mol. The van der Waals surface area contributed by atoms with Crippen LogP contribution in [-0.4, -0.2) is 0 Å². The van der Waals surface area contributed by atoms with Crippen LogP contribution in [0.25, 0.3) is 77.3 Å². The van der Waals surface area contributed by atoms with Crippen LogP contribution in [0.5, 0.6) is 11.5 Å². The fourth-order valence-electron chi connectivity index (χ4n) is 11.0. The molecule has 1 aliphatic heterocycles. The Bertz CT molecular complexity index is 3830. The van der Waals surface area contributed by atoms with Gasteiger partial charge in [0.15, 0.2) is 0 Å². The SMILES string of the molecule is c1ccc(-c2ccc3oc4cccc(N(c5ccc6c(c5)C5(c7ccccc7O6)c6ccccc6-c6ccccc65)c5ccc6oc7cccc(-c8ccccc8)c7c6c5)c4c3c2)cc1. The smallest absolute Gasteiger partial charge is 0.137 e. The molecule has 14 rings (SSSR count). The average Bonchev–Trinajstić information content (AvgIpc) is 4.03. The molecule has 0 amide bonds. The number of fused-ring (bicyclic) bond motifs is 15. The number of hydrogen-bond donors (Lipinski definition) is 0. The summed E-state index contributed by atoms with van der Waals surface area (Å²) in [6.07, 6.45) is 0. The monoisotopic (exact) mass is 831 g/mol. The number of furan rings is 2. The lowest BCUT2D eigenvalue weighted by Crippen LogP contribution is -2.32. The van der Waals surface area contributed by atoms with E-state index in [2.05, 4.69) is 229 Å². The number of hydrogen-bond acceptors (Lipinski definition) is 4. The molecule has 2 aromatic heterocycles. The second kappa shape index (κ2) is 13.7. The molecule has 1 spiro atoms. The highest BCUT2D eigenvalue weighted by Crippen LogP contribution is 2.63. The molecule has 1 aliphatic carbocycles. The molecule has 0 atom stereocenters. The molecule has 3 heterocycles. The summed E-state index contributed by atoms with van der Waals surface area (Å²) in [5.74, 6) is 1.70. The molecule has 0 saturated heterocycles. The Morgan fingerprint density at radius 3 is 1.63 bits per heavy atom. The highest BCUT2D eigenvalue weighted by Gasteiger charge is 2.51. The first kappa shape index (κ1) is 35.9. The number of rotatable bonds is 5. The summed E-state index contributed by atoms with van der Waals surface area (Å²) in [7, 11) is 0. The molecular formula is C61H37NO3. The van der Waals surface area contributed by atoms with Gasteiger partial charge in [-0.15, -0.1) is 0 Å². The van der Waals surface area contributed by atoms with E-state index in [9.17, 15) is 0 Å². The summed E-state index contributed by atoms with van der Waals surface area (Å²) >= 11 is 0. The molecule has 2 aliphatic rings. The lowest BCUT2D eigenvalue weighted by atomic mass is 9.66. The Balaban J connectivity index is 1.07. The maximum absolute atomic E-state index is 6.92. The van der Waals surface area contributed by atoms with Crippen molar-refractivity contribution in [2.24, 2.45) is 0 Å². The van der Waals surface area contributed by atoms with Gasteiger partial charge in [0.25, 0.3) is 0 Å². The summed E-state index contributed by atoms with van der Waals surface area (Å²) in [6, 6.07) is 80.1. The lowest BCUT2D eigenvalue weighted by molar-refractivity contribution is 0.436. The Kier molecular flexibility index (Phi) is 7.57. The van der Waals surface area contributed by atoms with Gasteiger partial charge in [-0.25, -0.2) is 0 Å². The average molecular weight is 832 g/mol. The topological polar surface area (TPSA) is 38.8 Å². The van der Waals surface area contributed by atoms with Crippen LogP contribution >= 0.6 is 0 Å². The third kappa shape index (κ3) is 5.13. The molecule has 4 nitrogen and oxygen atoms in total. The van der Waals surface area contributed by atoms with Crippen molar-refractivity contribution in [2.75, 3.05) is 4.90 Å². The first-order valence-corrected chi connectivity index (χ1v) is 22.2. The van der Waals surface area contributed by atoms with E-state index in [-0.39, 0.29) is 0 Å². The summed E-state index contributed by atoms with van der Waals surface area (Å²) < 4.78 is 20.2. The van der Waals surface area contributed by atoms with Crippen molar-refractivity contribution in [3.63, 3.8) is 0 Å². The molecule has 4 heteroatoms. The zero-order valence-corrected chi connectivity index (χ0v) is 35.0. The van der Waals surface area contributed by atoms with Crippen LogP contribution in [-0.2, 0) is 5.41 Å². The second-order valence-corrected chi connectivity index (χ2v) is 17.1. The summed E-state index contributed by atoms with van der Waals surface area (Å²) in [6.45, 7) is 0. The molecule has 65 heavy (non-hydrogen) atoms. The molecule has 0 bridgehead atoms. The van der Waals surface area contributed by atoms with Crippen molar-refractivity contribution in [3.8, 4) is 44.9 Å². The Hall–Kier alpha value is -8.60. The van der Waals surface area contributed by atoms with E-state index >= 15 is 0 Å². The first-order chi connectivity index (χ1) is 32.2. The standard InChI is InChI=1S/C61H37NO3/c1-3-15-38(16-4-1)40-29-32-53-46(35-40)60-52(25-14-28-58(60)64-53)62(41-30-33-54-47(36-41)59-43(21-13-27-57(59)63-54)39-17-5-2-6-18-39)42-31-34-56-51(37-42)61(50-24-11-12-26-55(50)65-56)48-22-9-7-19-44(48)45-20-8-10-23-49(45)61/h1-37H. The van der Waals surface area contributed by atoms with Crippen LogP contribution in [0, 0.1) is 0 Å². The van der Waals surface area contributed by atoms with Gasteiger partial charge in [0, 0.05) is 38.7 Å². The largest absolute Gasteiger partial charge is 0.457 e. The van der Waals surface area contributed by atoms with E-state index < -0.39 is 5.41 Å². The predicted octanol–water partition coefficient (Wildman–Crippen LogP) is 16.8. The summed E-state index contributed by atoms with van der Waals surface area (Å²) in [5.41, 5.74) is 17.4. The van der Waals surface area contributed by atoms with E-state index in [0.29, 0.717) is 0 Å². The third-order valence-electron chi connectivity index (χ3n) is 13.7. The van der Waals surface area contributed by atoms with Crippen molar-refractivity contribution in [1.82, 2.24) is 0 Å². The molecule has 0 fully saturated rings. The van der Waals surface area contributed by atoms with Gasteiger partial charge in [-0.1, -0.05) is 152 Å². The van der Waals surface area contributed by atoms with Gasteiger partial charge >= 0.3 is 0 Å². The number of benzene rings is 10. The maximum atomic E-state index is 6.92. The van der Waals surface area contributed by atoms with Crippen molar-refractivity contribution < 1.29 is 13.6 Å². The first-order valence-electron chi connectivity index (χ1n) is 22.2. The zero-order chi connectivity index (χ0) is 42.6. The molecule has 10 aromatic carbocycles. The van der Waals surface area contributed by atoms with Crippen LogP contribution in [0.15, 0.2) is 233 Å². The molecule has 0 N–H and O–H groups in total. The summed E-state index contributed by atoms with van der Waals surface area (Å²) in [5, 5.41) is 4.22. The molecule has 304 valence electrons. The van der Waals surface area contributed by atoms with Gasteiger partial charge in [0.2, 0.25) is 0 Å². The van der Waals surface area contributed by atoms with E-state index in [4.69, 9.17) is 13.6 Å². The van der Waals surface area contributed by atoms with Crippen LogP contribution in [0.4, 0.5) is 17.1 Å². The van der Waals surface area contributed by atoms with Gasteiger partial charge in [0.1, 0.15) is 33.8 Å². The number of ether oxygens (including phenoxy) is 1. The highest BCUT2D eigenvalue weighted by atomic mass is 16.5. The fraction of sp³-hybridized carbons (Fsp3) is 0.0164. The lowest BCUT2D eigenvalue weighted by Gasteiger charge is -2.40. The quantitative estimate of drug-likeness (QED) is 0.173.